The predicted molar refractivity (Wildman–Crippen MR) is 121 cm³/mol. The molecule has 2 heterocycles. The van der Waals surface area contributed by atoms with Crippen LogP contribution < -0.4 is 10.6 Å². The van der Waals surface area contributed by atoms with Crippen molar-refractivity contribution >= 4 is 28.4 Å². The normalized spacial score (nSPS) is 20.9. The van der Waals surface area contributed by atoms with E-state index in [4.69, 9.17) is 0 Å². The third-order valence-corrected chi connectivity index (χ3v) is 7.53. The molecule has 2 fully saturated rings. The van der Waals surface area contributed by atoms with Gasteiger partial charge in [-0.15, -0.1) is 0 Å². The van der Waals surface area contributed by atoms with E-state index in [-0.39, 0.29) is 11.7 Å². The van der Waals surface area contributed by atoms with E-state index in [1.165, 1.54) is 0 Å². The van der Waals surface area contributed by atoms with Gasteiger partial charge in [0.2, 0.25) is 0 Å². The molecule has 1 aromatic heterocycles. The van der Waals surface area contributed by atoms with E-state index in [0.717, 1.165) is 38.2 Å². The topological polar surface area (TPSA) is 77.6 Å². The van der Waals surface area contributed by atoms with Gasteiger partial charge in [0.1, 0.15) is 0 Å². The first-order valence-corrected chi connectivity index (χ1v) is 11.8. The van der Waals surface area contributed by atoms with Gasteiger partial charge >= 0.3 is 6.03 Å². The van der Waals surface area contributed by atoms with Gasteiger partial charge in [0.15, 0.2) is 5.82 Å². The zero-order chi connectivity index (χ0) is 22.0. The molecule has 7 nitrogen and oxygen atoms in total. The molecule has 0 spiro atoms. The Kier molecular flexibility index (Phi) is 6.64. The highest BCUT2D eigenvalue weighted by Crippen LogP contribution is 2.29. The number of rotatable bonds is 6. The van der Waals surface area contributed by atoms with Crippen molar-refractivity contribution in [1.82, 2.24) is 14.2 Å². The zero-order valence-corrected chi connectivity index (χ0v) is 18.6. The fourth-order valence-electron chi connectivity index (χ4n) is 3.77. The van der Waals surface area contributed by atoms with Gasteiger partial charge in [-0.05, 0) is 44.9 Å². The minimum atomic E-state index is -0.888. The number of aromatic nitrogens is 1. The molecule has 0 bridgehead atoms. The van der Waals surface area contributed by atoms with E-state index in [1.54, 1.807) is 36.5 Å². The van der Waals surface area contributed by atoms with Crippen LogP contribution in [0.4, 0.5) is 20.6 Å². The highest BCUT2D eigenvalue weighted by molar-refractivity contribution is 7.83. The minimum absolute atomic E-state index is 0.141. The summed E-state index contributed by atoms with van der Waals surface area (Å²) >= 11 is 0. The van der Waals surface area contributed by atoms with Gasteiger partial charge < -0.3 is 10.6 Å². The van der Waals surface area contributed by atoms with Crippen LogP contribution in [0.5, 0.6) is 0 Å². The first-order valence-electron chi connectivity index (χ1n) is 10.6. The van der Waals surface area contributed by atoms with Crippen molar-refractivity contribution < 1.29 is 13.4 Å². The van der Waals surface area contributed by atoms with E-state index in [2.05, 4.69) is 31.7 Å². The van der Waals surface area contributed by atoms with Crippen molar-refractivity contribution in [3.63, 3.8) is 0 Å². The summed E-state index contributed by atoms with van der Waals surface area (Å²) < 4.78 is 29.6. The second-order valence-electron chi connectivity index (χ2n) is 8.23. The highest BCUT2D eigenvalue weighted by atomic mass is 32.2. The molecule has 0 radical (unpaired) electrons. The summed E-state index contributed by atoms with van der Waals surface area (Å²) in [6, 6.07) is 8.12. The number of urea groups is 1. The number of halogens is 1. The molecule has 9 heteroatoms. The van der Waals surface area contributed by atoms with Crippen LogP contribution in [0.2, 0.25) is 0 Å². The molecule has 1 saturated carbocycles. The van der Waals surface area contributed by atoms with Crippen LogP contribution in [-0.4, -0.2) is 55.4 Å². The monoisotopic (exact) mass is 445 g/mol. The Morgan fingerprint density at radius 3 is 2.77 bits per heavy atom. The molecule has 31 heavy (non-hydrogen) atoms. The lowest BCUT2D eigenvalue weighted by Crippen LogP contribution is -2.52. The van der Waals surface area contributed by atoms with Gasteiger partial charge in [-0.2, -0.15) is 0 Å². The molecule has 2 aromatic rings. The SMILES string of the molecule is Cc1cc(NC(=O)Nc2cccc(CN3CCN(S(=O)C4CC4)C[C@@H]3C)c2F)ccn1. The number of piperazine rings is 1. The van der Waals surface area contributed by atoms with Crippen molar-refractivity contribution in [2.75, 3.05) is 30.3 Å². The summed E-state index contributed by atoms with van der Waals surface area (Å²) in [5.41, 5.74) is 2.04. The molecule has 2 amide bonds. The Morgan fingerprint density at radius 1 is 1.26 bits per heavy atom. The Labute approximate surface area is 184 Å². The van der Waals surface area contributed by atoms with Crippen molar-refractivity contribution in [3.8, 4) is 0 Å². The Hall–Kier alpha value is -2.36. The molecule has 2 atom stereocenters. The smallest absolute Gasteiger partial charge is 0.308 e. The van der Waals surface area contributed by atoms with E-state index < -0.39 is 22.8 Å². The maximum atomic E-state index is 15.1. The Bertz CT molecular complexity index is 984. The molecule has 1 aliphatic heterocycles. The maximum absolute atomic E-state index is 15.1. The second-order valence-corrected chi connectivity index (χ2v) is 9.96. The second kappa shape index (κ2) is 9.42. The van der Waals surface area contributed by atoms with Gasteiger partial charge in [0.05, 0.1) is 16.7 Å². The van der Waals surface area contributed by atoms with E-state index in [1.807, 2.05) is 6.92 Å². The summed E-state index contributed by atoms with van der Waals surface area (Å²) in [6.45, 7) is 6.53. The molecule has 4 rings (SSSR count). The maximum Gasteiger partial charge on any atom is 0.323 e. The van der Waals surface area contributed by atoms with Gasteiger partial charge in [0.25, 0.3) is 0 Å². The number of nitrogens with one attached hydrogen (secondary N) is 2. The number of carbonyl (C=O) groups is 1. The third kappa shape index (κ3) is 5.47. The average Bonchev–Trinajstić information content (AvgIpc) is 3.57. The van der Waals surface area contributed by atoms with Gasteiger partial charge in [-0.3, -0.25) is 9.88 Å². The first-order chi connectivity index (χ1) is 14.9. The lowest BCUT2D eigenvalue weighted by atomic mass is 10.1. The van der Waals surface area contributed by atoms with E-state index in [0.29, 0.717) is 23.0 Å². The van der Waals surface area contributed by atoms with Crippen LogP contribution in [0, 0.1) is 12.7 Å². The number of aryl methyl sites for hydroxylation is 1. The Morgan fingerprint density at radius 2 is 2.06 bits per heavy atom. The summed E-state index contributed by atoms with van der Waals surface area (Å²) in [7, 11) is -0.888. The van der Waals surface area contributed by atoms with E-state index in [9.17, 15) is 9.00 Å². The number of amides is 2. The summed E-state index contributed by atoms with van der Waals surface area (Å²) in [5.74, 6) is -0.431. The van der Waals surface area contributed by atoms with Crippen molar-refractivity contribution in [2.45, 2.75) is 44.5 Å². The molecule has 1 saturated heterocycles. The van der Waals surface area contributed by atoms with Crippen molar-refractivity contribution in [3.05, 3.63) is 53.6 Å². The number of benzene rings is 1. The van der Waals surface area contributed by atoms with Gasteiger partial charge in [-0.25, -0.2) is 17.7 Å². The average molecular weight is 446 g/mol. The summed E-state index contributed by atoms with van der Waals surface area (Å²) in [4.78, 5) is 18.6. The number of hydrogen-bond acceptors (Lipinski definition) is 4. The lowest BCUT2D eigenvalue weighted by molar-refractivity contribution is 0.123. The zero-order valence-electron chi connectivity index (χ0n) is 17.8. The van der Waals surface area contributed by atoms with Crippen LogP contribution in [0.25, 0.3) is 0 Å². The Balaban J connectivity index is 1.37. The molecule has 1 aliphatic carbocycles. The van der Waals surface area contributed by atoms with Crippen molar-refractivity contribution in [1.29, 1.82) is 0 Å². The molecule has 2 aliphatic rings. The van der Waals surface area contributed by atoms with Crippen LogP contribution in [0.1, 0.15) is 31.0 Å². The first kappa shape index (κ1) is 21.9. The molecule has 166 valence electrons. The van der Waals surface area contributed by atoms with Crippen LogP contribution in [0.15, 0.2) is 36.5 Å². The fraction of sp³-hybridized carbons (Fsp3) is 0.455. The lowest BCUT2D eigenvalue weighted by Gasteiger charge is -2.39. The van der Waals surface area contributed by atoms with Gasteiger partial charge in [-0.1, -0.05) is 12.1 Å². The summed E-state index contributed by atoms with van der Waals surface area (Å²) in [6.07, 6.45) is 3.72. The van der Waals surface area contributed by atoms with Crippen LogP contribution >= 0.6 is 0 Å². The standard InChI is InChI=1S/C22H28FN5O2S/c1-15-12-18(8-9-24-15)25-22(29)26-20-5-3-4-17(21(20)23)14-27-10-11-28(13-16(27)2)31(30)19-6-7-19/h3-5,8-9,12,16,19H,6-7,10-11,13-14H2,1-2H3,(H2,24,25,26,29)/t16-,31?/m0/s1. The highest BCUT2D eigenvalue weighted by Gasteiger charge is 2.35. The van der Waals surface area contributed by atoms with E-state index >= 15 is 4.39 Å². The quantitative estimate of drug-likeness (QED) is 0.713. The van der Waals surface area contributed by atoms with Crippen molar-refractivity contribution in [2.24, 2.45) is 0 Å². The number of anilines is 2. The molecule has 1 unspecified atom stereocenters. The fourth-order valence-corrected chi connectivity index (χ4v) is 5.35. The van der Waals surface area contributed by atoms with Crippen LogP contribution in [0.3, 0.4) is 0 Å². The largest absolute Gasteiger partial charge is 0.323 e. The number of hydrogen-bond donors (Lipinski definition) is 2. The predicted octanol–water partition coefficient (Wildman–Crippen LogP) is 3.51. The van der Waals surface area contributed by atoms with Gasteiger partial charge in [0, 0.05) is 60.6 Å². The molecular weight excluding hydrogens is 417 g/mol. The molecule has 1 aromatic carbocycles. The minimum Gasteiger partial charge on any atom is -0.308 e. The number of pyridine rings is 1. The number of nitrogens with zero attached hydrogens (tertiary/aromatic N) is 3. The number of carbonyl (C=O) groups excluding carboxylic acids is 1. The molecular formula is C22H28FN5O2S. The van der Waals surface area contributed by atoms with Crippen LogP contribution in [-0.2, 0) is 17.5 Å². The molecule has 2 N–H and O–H groups in total. The summed E-state index contributed by atoms with van der Waals surface area (Å²) in [5, 5.41) is 5.62. The third-order valence-electron chi connectivity index (χ3n) is 5.65.